The first kappa shape index (κ1) is 13.9. The smallest absolute Gasteiger partial charge is 0.0217 e. The van der Waals surface area contributed by atoms with Gasteiger partial charge in [0.1, 0.15) is 0 Å². The predicted octanol–water partition coefficient (Wildman–Crippen LogP) is 2.35. The van der Waals surface area contributed by atoms with Gasteiger partial charge in [0, 0.05) is 18.6 Å². The van der Waals surface area contributed by atoms with Crippen LogP contribution in [0.3, 0.4) is 0 Å². The van der Waals surface area contributed by atoms with E-state index in [4.69, 9.17) is 0 Å². The maximum absolute atomic E-state index is 3.27. The van der Waals surface area contributed by atoms with E-state index in [1.807, 2.05) is 7.05 Å². The van der Waals surface area contributed by atoms with E-state index in [2.05, 4.69) is 45.0 Å². The summed E-state index contributed by atoms with van der Waals surface area (Å²) in [5.74, 6) is 0.791. The molecule has 2 unspecified atom stereocenters. The summed E-state index contributed by atoms with van der Waals surface area (Å²) in [5, 5.41) is 3.27. The second kappa shape index (κ2) is 7.24. The summed E-state index contributed by atoms with van der Waals surface area (Å²) in [4.78, 5) is 2.51. The molecule has 0 bridgehead atoms. The van der Waals surface area contributed by atoms with Crippen LogP contribution in [-0.2, 0) is 0 Å². The predicted molar refractivity (Wildman–Crippen MR) is 64.7 cm³/mol. The molecule has 2 nitrogen and oxygen atoms in total. The second-order valence-electron chi connectivity index (χ2n) is 4.76. The molecule has 0 aromatic rings. The Kier molecular flexibility index (Phi) is 7.20. The van der Waals surface area contributed by atoms with Crippen LogP contribution < -0.4 is 5.32 Å². The van der Waals surface area contributed by atoms with E-state index in [1.165, 1.54) is 12.8 Å². The van der Waals surface area contributed by atoms with Gasteiger partial charge in [0.15, 0.2) is 0 Å². The van der Waals surface area contributed by atoms with Gasteiger partial charge in [-0.2, -0.15) is 0 Å². The lowest BCUT2D eigenvalue weighted by molar-refractivity contribution is 0.159. The van der Waals surface area contributed by atoms with E-state index >= 15 is 0 Å². The monoisotopic (exact) mass is 200 g/mol. The minimum Gasteiger partial charge on any atom is -0.318 e. The molecule has 0 saturated carbocycles. The zero-order valence-electron chi connectivity index (χ0n) is 10.8. The van der Waals surface area contributed by atoms with Gasteiger partial charge in [-0.15, -0.1) is 0 Å². The molecule has 0 rings (SSSR count). The molecule has 0 amide bonds. The average Bonchev–Trinajstić information content (AvgIpc) is 2.12. The molecule has 2 heteroatoms. The molecular weight excluding hydrogens is 172 g/mol. The van der Waals surface area contributed by atoms with Gasteiger partial charge >= 0.3 is 0 Å². The SMILES string of the molecule is CCC(CNC)N(C)C(C)CC(C)C. The zero-order valence-corrected chi connectivity index (χ0v) is 10.8. The number of nitrogens with zero attached hydrogens (tertiary/aromatic N) is 1. The molecule has 0 fully saturated rings. The van der Waals surface area contributed by atoms with E-state index in [9.17, 15) is 0 Å². The number of hydrogen-bond acceptors (Lipinski definition) is 2. The van der Waals surface area contributed by atoms with E-state index in [-0.39, 0.29) is 0 Å². The first-order valence-corrected chi connectivity index (χ1v) is 5.89. The molecule has 0 aromatic heterocycles. The highest BCUT2D eigenvalue weighted by atomic mass is 15.2. The summed E-state index contributed by atoms with van der Waals surface area (Å²) in [6.07, 6.45) is 2.51. The highest BCUT2D eigenvalue weighted by Crippen LogP contribution is 2.13. The zero-order chi connectivity index (χ0) is 11.1. The molecule has 0 spiro atoms. The Hall–Kier alpha value is -0.0800. The van der Waals surface area contributed by atoms with Crippen LogP contribution in [0.5, 0.6) is 0 Å². The Morgan fingerprint density at radius 3 is 2.14 bits per heavy atom. The maximum atomic E-state index is 3.27. The standard InChI is InChI=1S/C12H28N2/c1-7-12(9-13-5)14(6)11(4)8-10(2)3/h10-13H,7-9H2,1-6H3. The Morgan fingerprint density at radius 1 is 1.21 bits per heavy atom. The molecule has 14 heavy (non-hydrogen) atoms. The molecule has 0 aliphatic heterocycles. The molecule has 0 saturated heterocycles. The molecule has 0 aromatic carbocycles. The van der Waals surface area contributed by atoms with Gasteiger partial charge in [-0.25, -0.2) is 0 Å². The van der Waals surface area contributed by atoms with Gasteiger partial charge in [0.05, 0.1) is 0 Å². The molecule has 0 heterocycles. The lowest BCUT2D eigenvalue weighted by Gasteiger charge is -2.33. The number of rotatable bonds is 7. The fraction of sp³-hybridized carbons (Fsp3) is 1.00. The van der Waals surface area contributed by atoms with Gasteiger partial charge in [-0.1, -0.05) is 20.8 Å². The third-order valence-corrected chi connectivity index (χ3v) is 2.99. The summed E-state index contributed by atoms with van der Waals surface area (Å²) < 4.78 is 0. The van der Waals surface area contributed by atoms with Crippen LogP contribution in [-0.4, -0.2) is 37.6 Å². The van der Waals surface area contributed by atoms with Crippen LogP contribution in [0, 0.1) is 5.92 Å². The van der Waals surface area contributed by atoms with Gasteiger partial charge in [0.2, 0.25) is 0 Å². The van der Waals surface area contributed by atoms with Crippen molar-refractivity contribution in [1.82, 2.24) is 10.2 Å². The van der Waals surface area contributed by atoms with Crippen LogP contribution in [0.1, 0.15) is 40.5 Å². The summed E-state index contributed by atoms with van der Waals surface area (Å²) in [6, 6.07) is 1.36. The minimum atomic E-state index is 0.675. The van der Waals surface area contributed by atoms with Crippen molar-refractivity contribution in [1.29, 1.82) is 0 Å². The van der Waals surface area contributed by atoms with Gasteiger partial charge in [0.25, 0.3) is 0 Å². The molecule has 86 valence electrons. The Bertz CT molecular complexity index is 134. The van der Waals surface area contributed by atoms with Crippen molar-refractivity contribution in [2.45, 2.75) is 52.6 Å². The molecule has 2 atom stereocenters. The Balaban J connectivity index is 4.04. The van der Waals surface area contributed by atoms with Gasteiger partial charge in [-0.3, -0.25) is 4.90 Å². The highest BCUT2D eigenvalue weighted by molar-refractivity contribution is 4.74. The topological polar surface area (TPSA) is 15.3 Å². The van der Waals surface area contributed by atoms with E-state index in [0.29, 0.717) is 12.1 Å². The van der Waals surface area contributed by atoms with Gasteiger partial charge < -0.3 is 5.32 Å². The largest absolute Gasteiger partial charge is 0.318 e. The molecule has 1 N–H and O–H groups in total. The van der Waals surface area contributed by atoms with Crippen molar-refractivity contribution in [2.24, 2.45) is 5.92 Å². The Morgan fingerprint density at radius 2 is 1.79 bits per heavy atom. The number of nitrogens with one attached hydrogen (secondary N) is 1. The minimum absolute atomic E-state index is 0.675. The first-order valence-electron chi connectivity index (χ1n) is 5.89. The average molecular weight is 200 g/mol. The molecule has 0 radical (unpaired) electrons. The summed E-state index contributed by atoms with van der Waals surface area (Å²) in [6.45, 7) is 10.3. The molecular formula is C12H28N2. The summed E-state index contributed by atoms with van der Waals surface area (Å²) in [5.41, 5.74) is 0. The number of hydrogen-bond donors (Lipinski definition) is 1. The molecule has 0 aliphatic carbocycles. The lowest BCUT2D eigenvalue weighted by atomic mass is 10.0. The van der Waals surface area contributed by atoms with Crippen molar-refractivity contribution in [2.75, 3.05) is 20.6 Å². The summed E-state index contributed by atoms with van der Waals surface area (Å²) in [7, 11) is 4.28. The second-order valence-corrected chi connectivity index (χ2v) is 4.76. The fourth-order valence-electron chi connectivity index (χ4n) is 2.02. The number of likely N-dealkylation sites (N-methyl/N-ethyl adjacent to an activating group) is 2. The van der Waals surface area contributed by atoms with Crippen molar-refractivity contribution in [3.63, 3.8) is 0 Å². The first-order chi connectivity index (χ1) is 6.52. The van der Waals surface area contributed by atoms with E-state index in [0.717, 1.165) is 12.5 Å². The highest BCUT2D eigenvalue weighted by Gasteiger charge is 2.18. The molecule has 0 aliphatic rings. The lowest BCUT2D eigenvalue weighted by Crippen LogP contribution is -2.43. The van der Waals surface area contributed by atoms with Crippen molar-refractivity contribution >= 4 is 0 Å². The van der Waals surface area contributed by atoms with Crippen LogP contribution in [0.4, 0.5) is 0 Å². The van der Waals surface area contributed by atoms with Gasteiger partial charge in [-0.05, 0) is 39.8 Å². The van der Waals surface area contributed by atoms with Crippen molar-refractivity contribution < 1.29 is 0 Å². The third kappa shape index (κ3) is 4.97. The fourth-order valence-corrected chi connectivity index (χ4v) is 2.02. The van der Waals surface area contributed by atoms with Crippen LogP contribution in [0.15, 0.2) is 0 Å². The Labute approximate surface area is 90.1 Å². The maximum Gasteiger partial charge on any atom is 0.0217 e. The van der Waals surface area contributed by atoms with E-state index < -0.39 is 0 Å². The third-order valence-electron chi connectivity index (χ3n) is 2.99. The normalized spacial score (nSPS) is 16.3. The quantitative estimate of drug-likeness (QED) is 0.678. The van der Waals surface area contributed by atoms with E-state index in [1.54, 1.807) is 0 Å². The van der Waals surface area contributed by atoms with Crippen LogP contribution in [0.25, 0.3) is 0 Å². The van der Waals surface area contributed by atoms with Crippen molar-refractivity contribution in [3.8, 4) is 0 Å². The van der Waals surface area contributed by atoms with Crippen LogP contribution >= 0.6 is 0 Å². The van der Waals surface area contributed by atoms with Crippen molar-refractivity contribution in [3.05, 3.63) is 0 Å². The van der Waals surface area contributed by atoms with Crippen LogP contribution in [0.2, 0.25) is 0 Å². The summed E-state index contributed by atoms with van der Waals surface area (Å²) >= 11 is 0.